The van der Waals surface area contributed by atoms with Gasteiger partial charge in [0.25, 0.3) is 0 Å². The zero-order valence-corrected chi connectivity index (χ0v) is 12.5. The van der Waals surface area contributed by atoms with E-state index in [-0.39, 0.29) is 0 Å². The van der Waals surface area contributed by atoms with Crippen molar-refractivity contribution in [3.05, 3.63) is 53.9 Å². The molecule has 0 bridgehead atoms. The lowest BCUT2D eigenvalue weighted by atomic mass is 9.97. The molecule has 0 aliphatic rings. The first-order chi connectivity index (χ1) is 9.83. The fourth-order valence-electron chi connectivity index (χ4n) is 2.44. The lowest BCUT2D eigenvalue weighted by Gasteiger charge is -2.10. The summed E-state index contributed by atoms with van der Waals surface area (Å²) in [7, 11) is 0. The molecule has 2 heteroatoms. The van der Waals surface area contributed by atoms with Crippen LogP contribution in [0.4, 0.5) is 0 Å². The Kier molecular flexibility index (Phi) is 4.46. The Morgan fingerprint density at radius 3 is 2.15 bits per heavy atom. The predicted molar refractivity (Wildman–Crippen MR) is 87.8 cm³/mol. The molecule has 0 N–H and O–H groups in total. The molecule has 0 atom stereocenters. The molecular weight excluding hydrogens is 244 g/mol. The van der Waals surface area contributed by atoms with E-state index in [0.717, 1.165) is 11.0 Å². The van der Waals surface area contributed by atoms with Gasteiger partial charge in [-0.15, -0.1) is 0 Å². The number of hydrogen-bond donors (Lipinski definition) is 0. The molecule has 0 aliphatic carbocycles. The maximum Gasteiger partial charge on any atom is 0.0971 e. The maximum absolute atomic E-state index is 4.50. The quantitative estimate of drug-likeness (QED) is 0.568. The summed E-state index contributed by atoms with van der Waals surface area (Å²) in [6.07, 6.45) is 7.66. The van der Waals surface area contributed by atoms with Crippen LogP contribution in [-0.4, -0.2) is 9.97 Å². The van der Waals surface area contributed by atoms with Crippen LogP contribution in [0.25, 0.3) is 27.9 Å². The first-order valence-electron chi connectivity index (χ1n) is 7.07. The van der Waals surface area contributed by atoms with E-state index in [4.69, 9.17) is 0 Å². The van der Waals surface area contributed by atoms with Crippen molar-refractivity contribution in [3.8, 4) is 0 Å². The molecule has 0 saturated heterocycles. The average molecular weight is 264 g/mol. The summed E-state index contributed by atoms with van der Waals surface area (Å²) in [5.74, 6) is 0. The molecule has 3 aromatic rings. The van der Waals surface area contributed by atoms with Crippen molar-refractivity contribution in [3.63, 3.8) is 0 Å². The lowest BCUT2D eigenvalue weighted by molar-refractivity contribution is 1.29. The Morgan fingerprint density at radius 1 is 0.900 bits per heavy atom. The number of fused-ring (bicyclic) bond motifs is 3. The van der Waals surface area contributed by atoms with Gasteiger partial charge in [-0.1, -0.05) is 50.3 Å². The van der Waals surface area contributed by atoms with Crippen molar-refractivity contribution in [2.24, 2.45) is 0 Å². The predicted octanol–water partition coefficient (Wildman–Crippen LogP) is 5.15. The minimum atomic E-state index is 0.979. The number of hydrogen-bond acceptors (Lipinski definition) is 2. The van der Waals surface area contributed by atoms with Gasteiger partial charge in [0.2, 0.25) is 0 Å². The van der Waals surface area contributed by atoms with Crippen LogP contribution in [0.2, 0.25) is 0 Å². The number of aryl methyl sites for hydroxylation is 1. The third-order valence-electron chi connectivity index (χ3n) is 3.28. The maximum atomic E-state index is 4.50. The second kappa shape index (κ2) is 6.29. The zero-order valence-electron chi connectivity index (χ0n) is 12.5. The lowest BCUT2D eigenvalue weighted by Crippen LogP contribution is -1.92. The van der Waals surface area contributed by atoms with Crippen LogP contribution in [0.5, 0.6) is 0 Å². The normalized spacial score (nSPS) is 10.8. The molecule has 1 heterocycles. The number of allylic oxidation sites excluding steroid dienone is 1. The van der Waals surface area contributed by atoms with E-state index < -0.39 is 0 Å². The molecule has 20 heavy (non-hydrogen) atoms. The van der Waals surface area contributed by atoms with Gasteiger partial charge in [-0.2, -0.15) is 0 Å². The molecule has 0 aliphatic heterocycles. The average Bonchev–Trinajstić information content (AvgIpc) is 2.53. The molecule has 2 nitrogen and oxygen atoms in total. The molecular formula is C18H20N2. The molecule has 0 radical (unpaired) electrons. The highest BCUT2D eigenvalue weighted by atomic mass is 14.8. The minimum Gasteiger partial charge on any atom is -0.252 e. The topological polar surface area (TPSA) is 25.8 Å². The number of benzene rings is 2. The molecule has 1 aromatic heterocycles. The second-order valence-electron chi connectivity index (χ2n) is 4.34. The zero-order chi connectivity index (χ0) is 14.5. The highest BCUT2D eigenvalue weighted by molar-refractivity contribution is 6.09. The van der Waals surface area contributed by atoms with Gasteiger partial charge in [-0.25, -0.2) is 0 Å². The summed E-state index contributed by atoms with van der Waals surface area (Å²) in [4.78, 5) is 8.99. The summed E-state index contributed by atoms with van der Waals surface area (Å²) in [5, 5.41) is 2.42. The Hall–Kier alpha value is -2.22. The molecule has 0 saturated carbocycles. The van der Waals surface area contributed by atoms with Gasteiger partial charge in [-0.3, -0.25) is 9.97 Å². The van der Waals surface area contributed by atoms with Crippen molar-refractivity contribution in [2.45, 2.75) is 27.7 Å². The first kappa shape index (κ1) is 14.2. The smallest absolute Gasteiger partial charge is 0.0971 e. The Bertz CT molecular complexity index is 758. The first-order valence-corrected chi connectivity index (χ1v) is 7.07. The largest absolute Gasteiger partial charge is 0.252 e. The van der Waals surface area contributed by atoms with E-state index in [9.17, 15) is 0 Å². The van der Waals surface area contributed by atoms with E-state index in [0.29, 0.717) is 0 Å². The second-order valence-corrected chi connectivity index (χ2v) is 4.34. The molecule has 0 unspecified atom stereocenters. The van der Waals surface area contributed by atoms with Crippen LogP contribution in [0.3, 0.4) is 0 Å². The Labute approximate surface area is 120 Å². The van der Waals surface area contributed by atoms with E-state index in [2.05, 4.69) is 41.2 Å². The van der Waals surface area contributed by atoms with Crippen LogP contribution >= 0.6 is 0 Å². The third-order valence-corrected chi connectivity index (χ3v) is 3.28. The van der Waals surface area contributed by atoms with E-state index in [1.807, 2.05) is 32.9 Å². The highest BCUT2D eigenvalue weighted by Gasteiger charge is 2.10. The Balaban J connectivity index is 0.000000704. The SMILES string of the molecule is C/C=C\c1c(C)c2ccccc2c2nccnc12.CC. The van der Waals surface area contributed by atoms with Crippen molar-refractivity contribution < 1.29 is 0 Å². The van der Waals surface area contributed by atoms with Crippen molar-refractivity contribution in [1.82, 2.24) is 9.97 Å². The van der Waals surface area contributed by atoms with E-state index >= 15 is 0 Å². The summed E-state index contributed by atoms with van der Waals surface area (Å²) >= 11 is 0. The van der Waals surface area contributed by atoms with Crippen LogP contribution in [0.15, 0.2) is 42.7 Å². The summed E-state index contributed by atoms with van der Waals surface area (Å²) in [6, 6.07) is 8.37. The third kappa shape index (κ3) is 2.29. The molecule has 0 spiro atoms. The summed E-state index contributed by atoms with van der Waals surface area (Å²) in [6.45, 7) is 8.17. The summed E-state index contributed by atoms with van der Waals surface area (Å²) in [5.41, 5.74) is 4.38. The van der Waals surface area contributed by atoms with Crippen LogP contribution in [0, 0.1) is 6.92 Å². The summed E-state index contributed by atoms with van der Waals surface area (Å²) < 4.78 is 0. The van der Waals surface area contributed by atoms with Crippen molar-refractivity contribution in [1.29, 1.82) is 0 Å². The van der Waals surface area contributed by atoms with Gasteiger partial charge < -0.3 is 0 Å². The highest BCUT2D eigenvalue weighted by Crippen LogP contribution is 2.30. The van der Waals surface area contributed by atoms with Crippen LogP contribution in [-0.2, 0) is 0 Å². The van der Waals surface area contributed by atoms with Gasteiger partial charge in [0.1, 0.15) is 0 Å². The number of rotatable bonds is 1. The fraction of sp³-hybridized carbons (Fsp3) is 0.222. The molecule has 102 valence electrons. The minimum absolute atomic E-state index is 0.979. The fourth-order valence-corrected chi connectivity index (χ4v) is 2.44. The van der Waals surface area contributed by atoms with Gasteiger partial charge in [-0.05, 0) is 24.8 Å². The number of nitrogens with zero attached hydrogens (tertiary/aromatic N) is 2. The van der Waals surface area contributed by atoms with Crippen LogP contribution < -0.4 is 0 Å². The molecule has 3 rings (SSSR count). The van der Waals surface area contributed by atoms with Gasteiger partial charge in [0, 0.05) is 23.3 Å². The van der Waals surface area contributed by atoms with Crippen molar-refractivity contribution >= 4 is 27.9 Å². The van der Waals surface area contributed by atoms with E-state index in [1.54, 1.807) is 12.4 Å². The number of aromatic nitrogens is 2. The molecule has 2 aromatic carbocycles. The molecule has 0 fully saturated rings. The Morgan fingerprint density at radius 2 is 1.50 bits per heavy atom. The van der Waals surface area contributed by atoms with Gasteiger partial charge in [0.15, 0.2) is 0 Å². The van der Waals surface area contributed by atoms with E-state index in [1.165, 1.54) is 21.9 Å². The van der Waals surface area contributed by atoms with Gasteiger partial charge >= 0.3 is 0 Å². The monoisotopic (exact) mass is 264 g/mol. The van der Waals surface area contributed by atoms with Crippen LogP contribution in [0.1, 0.15) is 31.9 Å². The van der Waals surface area contributed by atoms with Crippen molar-refractivity contribution in [2.75, 3.05) is 0 Å². The standard InChI is InChI=1S/C16H14N2.C2H6/c1-3-6-13-11(2)12-7-4-5-8-14(12)16-15(13)17-9-10-18-16;1-2/h3-10H,1-2H3;1-2H3/b6-3-;. The molecule has 0 amide bonds. The van der Waals surface area contributed by atoms with Gasteiger partial charge in [0.05, 0.1) is 11.0 Å².